The summed E-state index contributed by atoms with van der Waals surface area (Å²) in [6.07, 6.45) is 3.46. The van der Waals surface area contributed by atoms with Crippen LogP contribution in [0.5, 0.6) is 0 Å². The Kier molecular flexibility index (Phi) is 2.83. The maximum absolute atomic E-state index is 5.46. The second-order valence-corrected chi connectivity index (χ2v) is 5.00. The van der Waals surface area contributed by atoms with Gasteiger partial charge in [0, 0.05) is 17.5 Å². The first kappa shape index (κ1) is 10.7. The van der Waals surface area contributed by atoms with Gasteiger partial charge in [0.1, 0.15) is 11.5 Å². The van der Waals surface area contributed by atoms with E-state index in [1.807, 2.05) is 0 Å². The minimum atomic E-state index is 0.186. The number of aromatic nitrogens is 1. The van der Waals surface area contributed by atoms with Gasteiger partial charge in [0.05, 0.1) is 0 Å². The highest BCUT2D eigenvalue weighted by Crippen LogP contribution is 2.39. The summed E-state index contributed by atoms with van der Waals surface area (Å²) < 4.78 is 5.46. The van der Waals surface area contributed by atoms with Crippen molar-refractivity contribution in [2.24, 2.45) is 0 Å². The Morgan fingerprint density at radius 3 is 3.00 bits per heavy atom. The number of fused-ring (bicyclic) bond motifs is 1. The van der Waals surface area contributed by atoms with E-state index < -0.39 is 0 Å². The molecule has 0 aliphatic heterocycles. The third-order valence-corrected chi connectivity index (χ3v) is 3.20. The van der Waals surface area contributed by atoms with E-state index in [0.717, 1.165) is 37.4 Å². The van der Waals surface area contributed by atoms with Gasteiger partial charge in [0.15, 0.2) is 0 Å². The van der Waals surface area contributed by atoms with Gasteiger partial charge in [-0.05, 0) is 25.8 Å². The molecule has 1 heterocycles. The smallest absolute Gasteiger partial charge is 0.145 e. The number of hydrogen-bond donors (Lipinski definition) is 1. The molecular formula is C12H20N2O. The van der Waals surface area contributed by atoms with E-state index in [4.69, 9.17) is 4.52 Å². The van der Waals surface area contributed by atoms with E-state index in [0.29, 0.717) is 0 Å². The van der Waals surface area contributed by atoms with E-state index in [2.05, 4.69) is 31.2 Å². The second-order valence-electron chi connectivity index (χ2n) is 5.00. The minimum absolute atomic E-state index is 0.186. The molecule has 0 spiro atoms. The van der Waals surface area contributed by atoms with Crippen LogP contribution in [-0.4, -0.2) is 11.7 Å². The maximum atomic E-state index is 5.46. The van der Waals surface area contributed by atoms with Crippen molar-refractivity contribution in [3.63, 3.8) is 0 Å². The van der Waals surface area contributed by atoms with E-state index in [1.54, 1.807) is 0 Å². The SMILES string of the molecule is CCCNCc1noc2c1CCC2(C)C. The van der Waals surface area contributed by atoms with E-state index in [-0.39, 0.29) is 5.41 Å². The predicted octanol–water partition coefficient (Wildman–Crippen LogP) is 2.40. The first-order valence-electron chi connectivity index (χ1n) is 5.84. The quantitative estimate of drug-likeness (QED) is 0.772. The fourth-order valence-electron chi connectivity index (χ4n) is 2.21. The van der Waals surface area contributed by atoms with Gasteiger partial charge in [-0.2, -0.15) is 0 Å². The van der Waals surface area contributed by atoms with Crippen LogP contribution in [0.15, 0.2) is 4.52 Å². The van der Waals surface area contributed by atoms with Crippen LogP contribution in [-0.2, 0) is 18.4 Å². The average Bonchev–Trinajstić information content (AvgIpc) is 2.70. The van der Waals surface area contributed by atoms with E-state index >= 15 is 0 Å². The molecule has 15 heavy (non-hydrogen) atoms. The Bertz CT molecular complexity index is 341. The van der Waals surface area contributed by atoms with Crippen molar-refractivity contribution < 1.29 is 4.52 Å². The number of nitrogens with one attached hydrogen (secondary N) is 1. The molecule has 1 aliphatic carbocycles. The predicted molar refractivity (Wildman–Crippen MR) is 59.8 cm³/mol. The molecule has 1 aliphatic rings. The molecule has 2 rings (SSSR count). The summed E-state index contributed by atoms with van der Waals surface area (Å²) in [6.45, 7) is 8.53. The molecule has 0 aromatic carbocycles. The molecular weight excluding hydrogens is 188 g/mol. The topological polar surface area (TPSA) is 38.1 Å². The van der Waals surface area contributed by atoms with Crippen molar-refractivity contribution in [2.75, 3.05) is 6.54 Å². The molecule has 0 atom stereocenters. The minimum Gasteiger partial charge on any atom is -0.360 e. The fraction of sp³-hybridized carbons (Fsp3) is 0.750. The van der Waals surface area contributed by atoms with Gasteiger partial charge in [-0.25, -0.2) is 0 Å². The molecule has 0 amide bonds. The third kappa shape index (κ3) is 1.93. The molecule has 0 bridgehead atoms. The van der Waals surface area contributed by atoms with Gasteiger partial charge in [-0.15, -0.1) is 0 Å². The number of nitrogens with zero attached hydrogens (tertiary/aromatic N) is 1. The van der Waals surface area contributed by atoms with E-state index in [9.17, 15) is 0 Å². The summed E-state index contributed by atoms with van der Waals surface area (Å²) in [5, 5.41) is 7.54. The lowest BCUT2D eigenvalue weighted by molar-refractivity contribution is 0.315. The first-order chi connectivity index (χ1) is 7.15. The van der Waals surface area contributed by atoms with Crippen molar-refractivity contribution in [2.45, 2.75) is 52.0 Å². The van der Waals surface area contributed by atoms with Crippen LogP contribution in [0.3, 0.4) is 0 Å². The zero-order valence-corrected chi connectivity index (χ0v) is 9.89. The molecule has 1 aromatic rings. The number of hydrogen-bond acceptors (Lipinski definition) is 3. The van der Waals surface area contributed by atoms with Gasteiger partial charge in [0.2, 0.25) is 0 Å². The zero-order valence-electron chi connectivity index (χ0n) is 9.89. The van der Waals surface area contributed by atoms with Gasteiger partial charge in [-0.1, -0.05) is 25.9 Å². The Morgan fingerprint density at radius 1 is 1.47 bits per heavy atom. The Labute approximate surface area is 91.2 Å². The highest BCUT2D eigenvalue weighted by molar-refractivity contribution is 5.33. The van der Waals surface area contributed by atoms with Crippen LogP contribution in [0.2, 0.25) is 0 Å². The van der Waals surface area contributed by atoms with E-state index in [1.165, 1.54) is 12.0 Å². The highest BCUT2D eigenvalue weighted by Gasteiger charge is 2.36. The van der Waals surface area contributed by atoms with Crippen molar-refractivity contribution in [1.82, 2.24) is 10.5 Å². The van der Waals surface area contributed by atoms with Gasteiger partial charge >= 0.3 is 0 Å². The van der Waals surface area contributed by atoms with Crippen molar-refractivity contribution in [1.29, 1.82) is 0 Å². The molecule has 0 radical (unpaired) electrons. The summed E-state index contributed by atoms with van der Waals surface area (Å²) in [5.41, 5.74) is 2.65. The molecule has 3 heteroatoms. The number of rotatable bonds is 4. The standard InChI is InChI=1S/C12H20N2O/c1-4-7-13-8-10-9-5-6-12(2,3)11(9)15-14-10/h13H,4-8H2,1-3H3. The van der Waals surface area contributed by atoms with Crippen LogP contribution in [0, 0.1) is 0 Å². The monoisotopic (exact) mass is 208 g/mol. The second kappa shape index (κ2) is 3.97. The lowest BCUT2D eigenvalue weighted by Gasteiger charge is -2.13. The fourth-order valence-corrected chi connectivity index (χ4v) is 2.21. The lowest BCUT2D eigenvalue weighted by atomic mass is 9.92. The van der Waals surface area contributed by atoms with Crippen LogP contribution in [0.4, 0.5) is 0 Å². The summed E-state index contributed by atoms with van der Waals surface area (Å²) in [6, 6.07) is 0. The Hall–Kier alpha value is -0.830. The molecule has 3 nitrogen and oxygen atoms in total. The molecule has 1 aromatic heterocycles. The molecule has 84 valence electrons. The molecule has 0 fully saturated rings. The third-order valence-electron chi connectivity index (χ3n) is 3.20. The summed E-state index contributed by atoms with van der Waals surface area (Å²) in [4.78, 5) is 0. The molecule has 0 saturated carbocycles. The van der Waals surface area contributed by atoms with Crippen molar-refractivity contribution in [3.8, 4) is 0 Å². The Morgan fingerprint density at radius 2 is 2.27 bits per heavy atom. The molecule has 0 unspecified atom stereocenters. The average molecular weight is 208 g/mol. The Balaban J connectivity index is 2.09. The van der Waals surface area contributed by atoms with Crippen molar-refractivity contribution >= 4 is 0 Å². The lowest BCUT2D eigenvalue weighted by Crippen LogP contribution is -2.14. The summed E-state index contributed by atoms with van der Waals surface area (Å²) >= 11 is 0. The van der Waals surface area contributed by atoms with Gasteiger partial charge < -0.3 is 9.84 Å². The van der Waals surface area contributed by atoms with Crippen LogP contribution < -0.4 is 5.32 Å². The molecule has 0 saturated heterocycles. The summed E-state index contributed by atoms with van der Waals surface area (Å²) in [5.74, 6) is 1.11. The van der Waals surface area contributed by atoms with Gasteiger partial charge in [0.25, 0.3) is 0 Å². The van der Waals surface area contributed by atoms with Crippen LogP contribution in [0.1, 0.15) is 50.6 Å². The van der Waals surface area contributed by atoms with Crippen LogP contribution >= 0.6 is 0 Å². The largest absolute Gasteiger partial charge is 0.360 e. The van der Waals surface area contributed by atoms with Crippen LogP contribution in [0.25, 0.3) is 0 Å². The first-order valence-corrected chi connectivity index (χ1v) is 5.84. The normalized spacial score (nSPS) is 18.1. The maximum Gasteiger partial charge on any atom is 0.145 e. The molecule has 1 N–H and O–H groups in total. The zero-order chi connectivity index (χ0) is 10.9. The highest BCUT2D eigenvalue weighted by atomic mass is 16.5. The van der Waals surface area contributed by atoms with Gasteiger partial charge in [-0.3, -0.25) is 0 Å². The van der Waals surface area contributed by atoms with Crippen molar-refractivity contribution in [3.05, 3.63) is 17.0 Å². The summed E-state index contributed by atoms with van der Waals surface area (Å²) in [7, 11) is 0.